The molecule has 2 rings (SSSR count). The van der Waals surface area contributed by atoms with E-state index >= 15 is 0 Å². The van der Waals surface area contributed by atoms with E-state index in [1.807, 2.05) is 0 Å². The highest BCUT2D eigenvalue weighted by Crippen LogP contribution is 2.31. The molecular formula is C12H10. The predicted molar refractivity (Wildman–Crippen MR) is 51.7 cm³/mol. The van der Waals surface area contributed by atoms with Gasteiger partial charge in [-0.25, -0.2) is 0 Å². The molecule has 1 aliphatic rings. The van der Waals surface area contributed by atoms with E-state index in [1.54, 1.807) is 0 Å². The molecule has 1 aliphatic carbocycles. The van der Waals surface area contributed by atoms with Gasteiger partial charge in [-0.2, -0.15) is 0 Å². The molecule has 0 fully saturated rings. The molecule has 0 radical (unpaired) electrons. The summed E-state index contributed by atoms with van der Waals surface area (Å²) in [6, 6.07) is 8.40. The molecule has 0 spiro atoms. The Morgan fingerprint density at radius 3 is 3.00 bits per heavy atom. The van der Waals surface area contributed by atoms with Crippen molar-refractivity contribution in [1.82, 2.24) is 0 Å². The highest BCUT2D eigenvalue weighted by Gasteiger charge is 2.14. The predicted octanol–water partition coefficient (Wildman–Crippen LogP) is 2.82. The van der Waals surface area contributed by atoms with E-state index in [4.69, 9.17) is 6.42 Å². The van der Waals surface area contributed by atoms with E-state index < -0.39 is 0 Å². The molecule has 1 atom stereocenters. The molecule has 0 aromatic heterocycles. The Kier molecular flexibility index (Phi) is 1.72. The van der Waals surface area contributed by atoms with Crippen LogP contribution >= 0.6 is 0 Å². The lowest BCUT2D eigenvalue weighted by molar-refractivity contribution is 0.900. The summed E-state index contributed by atoms with van der Waals surface area (Å²) < 4.78 is 0. The van der Waals surface area contributed by atoms with Crippen molar-refractivity contribution >= 4 is 6.08 Å². The summed E-state index contributed by atoms with van der Waals surface area (Å²) >= 11 is 0. The number of rotatable bonds is 1. The molecule has 0 bridgehead atoms. The maximum atomic E-state index is 5.28. The Balaban J connectivity index is 2.37. The van der Waals surface area contributed by atoms with Crippen molar-refractivity contribution in [2.75, 3.05) is 0 Å². The molecule has 0 saturated heterocycles. The standard InChI is InChI=1S/C12H10/c1-2-5-10-8-9-11-6-3-4-7-12(10)11/h1,3-4,6-10H,5H2. The maximum Gasteiger partial charge on any atom is 0.0190 e. The van der Waals surface area contributed by atoms with Crippen LogP contribution < -0.4 is 0 Å². The van der Waals surface area contributed by atoms with E-state index in [-0.39, 0.29) is 0 Å². The molecule has 1 aromatic rings. The average Bonchev–Trinajstić information content (AvgIpc) is 2.50. The van der Waals surface area contributed by atoms with Gasteiger partial charge < -0.3 is 0 Å². The Morgan fingerprint density at radius 2 is 2.17 bits per heavy atom. The van der Waals surface area contributed by atoms with Crippen molar-refractivity contribution in [3.63, 3.8) is 0 Å². The Bertz CT molecular complexity index is 353. The van der Waals surface area contributed by atoms with Gasteiger partial charge in [-0.3, -0.25) is 0 Å². The summed E-state index contributed by atoms with van der Waals surface area (Å²) in [7, 11) is 0. The van der Waals surface area contributed by atoms with Crippen LogP contribution in [-0.4, -0.2) is 0 Å². The van der Waals surface area contributed by atoms with Crippen molar-refractivity contribution in [3.05, 3.63) is 41.5 Å². The van der Waals surface area contributed by atoms with Crippen LogP contribution in [0.25, 0.3) is 6.08 Å². The van der Waals surface area contributed by atoms with Crippen LogP contribution in [0.3, 0.4) is 0 Å². The van der Waals surface area contributed by atoms with Crippen molar-refractivity contribution in [3.8, 4) is 12.3 Å². The second kappa shape index (κ2) is 2.87. The minimum absolute atomic E-state index is 0.450. The minimum atomic E-state index is 0.450. The first-order valence-electron chi connectivity index (χ1n) is 4.12. The Morgan fingerprint density at radius 1 is 1.33 bits per heavy atom. The first-order chi connectivity index (χ1) is 5.92. The van der Waals surface area contributed by atoms with E-state index in [9.17, 15) is 0 Å². The van der Waals surface area contributed by atoms with E-state index in [0.29, 0.717) is 5.92 Å². The first-order valence-corrected chi connectivity index (χ1v) is 4.12. The third-order valence-electron chi connectivity index (χ3n) is 2.24. The quantitative estimate of drug-likeness (QED) is 0.546. The summed E-state index contributed by atoms with van der Waals surface area (Å²) in [5.41, 5.74) is 2.69. The Hall–Kier alpha value is -1.48. The minimum Gasteiger partial charge on any atom is -0.120 e. The maximum absolute atomic E-state index is 5.28. The molecule has 1 unspecified atom stereocenters. The summed E-state index contributed by atoms with van der Waals surface area (Å²) in [6.07, 6.45) is 10.4. The molecule has 0 heterocycles. The topological polar surface area (TPSA) is 0 Å². The second-order valence-electron chi connectivity index (χ2n) is 3.00. The van der Waals surface area contributed by atoms with Crippen LogP contribution in [0.2, 0.25) is 0 Å². The number of fused-ring (bicyclic) bond motifs is 1. The summed E-state index contributed by atoms with van der Waals surface area (Å²) in [5, 5.41) is 0. The van der Waals surface area contributed by atoms with Crippen LogP contribution in [-0.2, 0) is 0 Å². The van der Waals surface area contributed by atoms with Gasteiger partial charge in [0.2, 0.25) is 0 Å². The fraction of sp³-hybridized carbons (Fsp3) is 0.167. The highest BCUT2D eigenvalue weighted by atomic mass is 14.2. The van der Waals surface area contributed by atoms with Gasteiger partial charge in [-0.1, -0.05) is 36.4 Å². The van der Waals surface area contributed by atoms with Gasteiger partial charge in [0.15, 0.2) is 0 Å². The van der Waals surface area contributed by atoms with E-state index in [1.165, 1.54) is 11.1 Å². The van der Waals surface area contributed by atoms with Gasteiger partial charge in [0.1, 0.15) is 0 Å². The van der Waals surface area contributed by atoms with Crippen LogP contribution in [0.15, 0.2) is 30.3 Å². The first kappa shape index (κ1) is 7.18. The normalized spacial score (nSPS) is 18.8. The van der Waals surface area contributed by atoms with Gasteiger partial charge in [-0.05, 0) is 11.1 Å². The number of hydrogen-bond acceptors (Lipinski definition) is 0. The van der Waals surface area contributed by atoms with Gasteiger partial charge in [0.25, 0.3) is 0 Å². The van der Waals surface area contributed by atoms with E-state index in [0.717, 1.165) is 6.42 Å². The molecule has 0 N–H and O–H groups in total. The van der Waals surface area contributed by atoms with Crippen molar-refractivity contribution in [1.29, 1.82) is 0 Å². The molecule has 1 aromatic carbocycles. The van der Waals surface area contributed by atoms with Crippen molar-refractivity contribution < 1.29 is 0 Å². The van der Waals surface area contributed by atoms with Crippen molar-refractivity contribution in [2.45, 2.75) is 12.3 Å². The van der Waals surface area contributed by atoms with Crippen LogP contribution in [0, 0.1) is 12.3 Å². The lowest BCUT2D eigenvalue weighted by Gasteiger charge is -2.05. The zero-order chi connectivity index (χ0) is 8.39. The molecular weight excluding hydrogens is 144 g/mol. The summed E-state index contributed by atoms with van der Waals surface area (Å²) in [5.74, 6) is 3.15. The summed E-state index contributed by atoms with van der Waals surface area (Å²) in [6.45, 7) is 0. The van der Waals surface area contributed by atoms with Crippen molar-refractivity contribution in [2.24, 2.45) is 0 Å². The van der Waals surface area contributed by atoms with Gasteiger partial charge in [-0.15, -0.1) is 12.3 Å². The molecule has 12 heavy (non-hydrogen) atoms. The second-order valence-corrected chi connectivity index (χ2v) is 3.00. The number of benzene rings is 1. The zero-order valence-corrected chi connectivity index (χ0v) is 6.83. The summed E-state index contributed by atoms with van der Waals surface area (Å²) in [4.78, 5) is 0. The highest BCUT2D eigenvalue weighted by molar-refractivity contribution is 5.62. The monoisotopic (exact) mass is 154 g/mol. The lowest BCUT2D eigenvalue weighted by Crippen LogP contribution is -1.90. The lowest BCUT2D eigenvalue weighted by atomic mass is 9.98. The largest absolute Gasteiger partial charge is 0.120 e. The van der Waals surface area contributed by atoms with Gasteiger partial charge >= 0.3 is 0 Å². The molecule has 0 amide bonds. The molecule has 0 heteroatoms. The smallest absolute Gasteiger partial charge is 0.0190 e. The fourth-order valence-electron chi connectivity index (χ4n) is 1.63. The van der Waals surface area contributed by atoms with Gasteiger partial charge in [0.05, 0.1) is 0 Å². The molecule has 0 aliphatic heterocycles. The zero-order valence-electron chi connectivity index (χ0n) is 6.83. The number of allylic oxidation sites excluding steroid dienone is 1. The molecule has 0 nitrogen and oxygen atoms in total. The van der Waals surface area contributed by atoms with Crippen LogP contribution in [0.4, 0.5) is 0 Å². The number of hydrogen-bond donors (Lipinski definition) is 0. The van der Waals surface area contributed by atoms with Gasteiger partial charge in [0, 0.05) is 12.3 Å². The van der Waals surface area contributed by atoms with Crippen LogP contribution in [0.1, 0.15) is 23.5 Å². The average molecular weight is 154 g/mol. The third kappa shape index (κ3) is 1.04. The Labute approximate surface area is 72.9 Å². The molecule has 58 valence electrons. The van der Waals surface area contributed by atoms with E-state index in [2.05, 4.69) is 42.3 Å². The SMILES string of the molecule is C#CCC1C=Cc2ccccc21. The fourth-order valence-corrected chi connectivity index (χ4v) is 1.63. The number of terminal acetylenes is 1. The third-order valence-corrected chi connectivity index (χ3v) is 2.24. The van der Waals surface area contributed by atoms with Crippen LogP contribution in [0.5, 0.6) is 0 Å². The molecule has 0 saturated carbocycles.